The van der Waals surface area contributed by atoms with Crippen LogP contribution < -0.4 is 0 Å². The summed E-state index contributed by atoms with van der Waals surface area (Å²) in [7, 11) is -2.51. The highest BCUT2D eigenvalue weighted by atomic mass is 32.2. The van der Waals surface area contributed by atoms with Crippen molar-refractivity contribution in [1.29, 1.82) is 0 Å². The number of hydrogen-bond donors (Lipinski definition) is 0. The van der Waals surface area contributed by atoms with Gasteiger partial charge >= 0.3 is 0 Å². The first kappa shape index (κ1) is 30.3. The number of methoxy groups -OCH3 is 1. The van der Waals surface area contributed by atoms with Crippen LogP contribution in [0.15, 0.2) is 91.0 Å². The van der Waals surface area contributed by atoms with Gasteiger partial charge in [0.1, 0.15) is 18.0 Å². The van der Waals surface area contributed by atoms with Crippen molar-refractivity contribution in [2.45, 2.75) is 57.3 Å². The van der Waals surface area contributed by atoms with Gasteiger partial charge in [0.15, 0.2) is 5.79 Å². The van der Waals surface area contributed by atoms with Crippen molar-refractivity contribution in [2.24, 2.45) is 0 Å². The van der Waals surface area contributed by atoms with Crippen molar-refractivity contribution in [3.8, 4) is 0 Å². The Morgan fingerprint density at radius 2 is 1.32 bits per heavy atom. The molecule has 0 N–H and O–H groups in total. The summed E-state index contributed by atoms with van der Waals surface area (Å²) in [6, 6.07) is 29.4. The molecule has 40 heavy (non-hydrogen) atoms. The van der Waals surface area contributed by atoms with Crippen LogP contribution in [0.3, 0.4) is 0 Å². The van der Waals surface area contributed by atoms with E-state index in [4.69, 9.17) is 27.9 Å². The number of benzene rings is 3. The second-order valence-corrected chi connectivity index (χ2v) is 11.3. The SMILES string of the molecule is CCOS(=O)(=O)C[C@@]1(OC)C[C@@H](OCc2ccccc2)[C@H](OCc2ccccc2)[C@@H](COCc2ccccc2)O1. The Kier molecular flexibility index (Phi) is 11.3. The zero-order valence-corrected chi connectivity index (χ0v) is 23.8. The van der Waals surface area contributed by atoms with Crippen LogP contribution in [0.4, 0.5) is 0 Å². The topological polar surface area (TPSA) is 89.5 Å². The first-order valence-corrected chi connectivity index (χ1v) is 15.0. The molecule has 4 atom stereocenters. The molecule has 3 aromatic carbocycles. The van der Waals surface area contributed by atoms with E-state index in [0.29, 0.717) is 19.8 Å². The van der Waals surface area contributed by atoms with E-state index >= 15 is 0 Å². The molecule has 4 rings (SSSR count). The highest BCUT2D eigenvalue weighted by Gasteiger charge is 2.51. The van der Waals surface area contributed by atoms with E-state index in [9.17, 15) is 8.42 Å². The van der Waals surface area contributed by atoms with E-state index < -0.39 is 40.0 Å². The summed E-state index contributed by atoms with van der Waals surface area (Å²) in [5.74, 6) is -2.00. The van der Waals surface area contributed by atoms with Crippen LogP contribution in [0, 0.1) is 0 Å². The van der Waals surface area contributed by atoms with E-state index in [1.165, 1.54) is 7.11 Å². The average molecular weight is 571 g/mol. The Morgan fingerprint density at radius 3 is 1.85 bits per heavy atom. The molecule has 3 aromatic rings. The summed E-state index contributed by atoms with van der Waals surface area (Å²) in [6.07, 6.45) is -1.67. The largest absolute Gasteiger partial charge is 0.374 e. The van der Waals surface area contributed by atoms with Gasteiger partial charge in [-0.1, -0.05) is 91.0 Å². The maximum atomic E-state index is 12.8. The fourth-order valence-electron chi connectivity index (χ4n) is 4.74. The molecule has 0 aromatic heterocycles. The summed E-state index contributed by atoms with van der Waals surface area (Å²) in [5, 5.41) is 0. The predicted molar refractivity (Wildman–Crippen MR) is 151 cm³/mol. The van der Waals surface area contributed by atoms with Crippen molar-refractivity contribution in [3.63, 3.8) is 0 Å². The normalized spacial score (nSPS) is 23.2. The van der Waals surface area contributed by atoms with Crippen molar-refractivity contribution in [2.75, 3.05) is 26.1 Å². The summed E-state index contributed by atoms with van der Waals surface area (Å²) >= 11 is 0. The minimum atomic E-state index is -3.94. The minimum Gasteiger partial charge on any atom is -0.374 e. The van der Waals surface area contributed by atoms with Crippen LogP contribution in [-0.4, -0.2) is 58.6 Å². The second kappa shape index (κ2) is 14.8. The summed E-state index contributed by atoms with van der Waals surface area (Å²) in [6.45, 7) is 2.78. The van der Waals surface area contributed by atoms with Gasteiger partial charge in [0, 0.05) is 13.5 Å². The second-order valence-electron chi connectivity index (χ2n) is 9.68. The molecule has 0 unspecified atom stereocenters. The fraction of sp³-hybridized carbons (Fsp3) is 0.419. The van der Waals surface area contributed by atoms with Crippen LogP contribution in [0.25, 0.3) is 0 Å². The molecule has 8 nitrogen and oxygen atoms in total. The third-order valence-corrected chi connectivity index (χ3v) is 8.05. The van der Waals surface area contributed by atoms with Crippen molar-refractivity contribution in [3.05, 3.63) is 108 Å². The number of ether oxygens (including phenoxy) is 5. The quantitative estimate of drug-likeness (QED) is 0.239. The van der Waals surface area contributed by atoms with Gasteiger partial charge in [-0.25, -0.2) is 0 Å². The molecule has 0 amide bonds. The number of hydrogen-bond acceptors (Lipinski definition) is 8. The molecule has 0 bridgehead atoms. The summed E-state index contributed by atoms with van der Waals surface area (Å²) in [4.78, 5) is 0. The van der Waals surface area contributed by atoms with Crippen molar-refractivity contribution in [1.82, 2.24) is 0 Å². The highest BCUT2D eigenvalue weighted by Crippen LogP contribution is 2.36. The first-order valence-electron chi connectivity index (χ1n) is 13.4. The average Bonchev–Trinajstić information content (AvgIpc) is 2.97. The van der Waals surface area contributed by atoms with E-state index in [1.54, 1.807) is 6.92 Å². The van der Waals surface area contributed by atoms with Gasteiger partial charge in [0.25, 0.3) is 10.1 Å². The Morgan fingerprint density at radius 1 is 0.800 bits per heavy atom. The third-order valence-electron chi connectivity index (χ3n) is 6.66. The van der Waals surface area contributed by atoms with Crippen LogP contribution in [0.1, 0.15) is 30.0 Å². The van der Waals surface area contributed by atoms with Gasteiger partial charge in [0.05, 0.1) is 39.1 Å². The first-order chi connectivity index (χ1) is 19.4. The molecular weight excluding hydrogens is 532 g/mol. The lowest BCUT2D eigenvalue weighted by Gasteiger charge is -2.47. The Bertz CT molecular complexity index is 1240. The fourth-order valence-corrected chi connectivity index (χ4v) is 6.02. The lowest BCUT2D eigenvalue weighted by Crippen LogP contribution is -2.60. The minimum absolute atomic E-state index is 0.0164. The molecule has 1 aliphatic rings. The van der Waals surface area contributed by atoms with Gasteiger partial charge < -0.3 is 23.7 Å². The molecule has 1 saturated heterocycles. The number of rotatable bonds is 15. The molecule has 1 aliphatic heterocycles. The van der Waals surface area contributed by atoms with Gasteiger partial charge in [-0.15, -0.1) is 0 Å². The highest BCUT2D eigenvalue weighted by molar-refractivity contribution is 7.86. The van der Waals surface area contributed by atoms with E-state index in [-0.39, 0.29) is 19.6 Å². The zero-order chi connectivity index (χ0) is 28.3. The lowest BCUT2D eigenvalue weighted by molar-refractivity contribution is -0.319. The van der Waals surface area contributed by atoms with Crippen LogP contribution in [0.5, 0.6) is 0 Å². The lowest BCUT2D eigenvalue weighted by atomic mass is 9.95. The van der Waals surface area contributed by atoms with Gasteiger partial charge in [-0.3, -0.25) is 4.18 Å². The zero-order valence-electron chi connectivity index (χ0n) is 23.0. The van der Waals surface area contributed by atoms with Gasteiger partial charge in [-0.05, 0) is 23.6 Å². The smallest absolute Gasteiger partial charge is 0.272 e. The van der Waals surface area contributed by atoms with Crippen LogP contribution in [0.2, 0.25) is 0 Å². The van der Waals surface area contributed by atoms with Gasteiger partial charge in [-0.2, -0.15) is 8.42 Å². The molecule has 216 valence electrons. The third kappa shape index (κ3) is 8.94. The molecule has 9 heteroatoms. The Hall–Kier alpha value is -2.63. The van der Waals surface area contributed by atoms with E-state index in [2.05, 4.69) is 0 Å². The van der Waals surface area contributed by atoms with Crippen molar-refractivity contribution >= 4 is 10.1 Å². The van der Waals surface area contributed by atoms with Crippen LogP contribution >= 0.6 is 0 Å². The summed E-state index contributed by atoms with van der Waals surface area (Å²) in [5.41, 5.74) is 2.99. The molecular formula is C31H38O8S. The standard InChI is InChI=1S/C31H38O8S/c1-3-38-40(32,33)24-31(34-2)19-28(36-21-26-15-9-5-10-16-26)30(37-22-27-17-11-6-12-18-27)29(39-31)23-35-20-25-13-7-4-8-14-25/h4-18,28-30H,3,19-24H2,1-2H3/t28-,29-,30+,31-/m1/s1. The maximum Gasteiger partial charge on any atom is 0.272 e. The van der Waals surface area contributed by atoms with E-state index in [1.807, 2.05) is 91.0 Å². The molecule has 0 spiro atoms. The van der Waals surface area contributed by atoms with Crippen molar-refractivity contribution < 1.29 is 36.3 Å². The van der Waals surface area contributed by atoms with E-state index in [0.717, 1.165) is 16.7 Å². The maximum absolute atomic E-state index is 12.8. The molecule has 0 saturated carbocycles. The monoisotopic (exact) mass is 570 g/mol. The molecule has 1 heterocycles. The van der Waals surface area contributed by atoms with Crippen LogP contribution in [-0.2, 0) is 57.8 Å². The Labute approximate surface area is 237 Å². The molecule has 0 radical (unpaired) electrons. The summed E-state index contributed by atoms with van der Waals surface area (Å²) < 4.78 is 61.7. The Balaban J connectivity index is 1.59. The predicted octanol–water partition coefficient (Wildman–Crippen LogP) is 4.87. The molecule has 1 fully saturated rings. The van der Waals surface area contributed by atoms with Gasteiger partial charge in [0.2, 0.25) is 0 Å². The molecule has 0 aliphatic carbocycles.